The summed E-state index contributed by atoms with van der Waals surface area (Å²) < 4.78 is 0. The lowest BCUT2D eigenvalue weighted by Gasteiger charge is -2.08. The number of Topliss-reactive ketones (excluding diaryl/α,β-unsaturated/α-hetero) is 1. The van der Waals surface area contributed by atoms with E-state index in [1.165, 1.54) is 21.9 Å². The van der Waals surface area contributed by atoms with Crippen LogP contribution in [0.2, 0.25) is 0 Å². The van der Waals surface area contributed by atoms with Crippen LogP contribution in [0.15, 0.2) is 30.3 Å². The van der Waals surface area contributed by atoms with Crippen molar-refractivity contribution in [1.29, 1.82) is 0 Å². The van der Waals surface area contributed by atoms with E-state index < -0.39 is 0 Å². The van der Waals surface area contributed by atoms with Crippen molar-refractivity contribution in [2.24, 2.45) is 0 Å². The van der Waals surface area contributed by atoms with Gasteiger partial charge in [0, 0.05) is 12.0 Å². The molecule has 1 aliphatic carbocycles. The molecule has 0 radical (unpaired) electrons. The summed E-state index contributed by atoms with van der Waals surface area (Å²) >= 11 is 0. The Hall–Kier alpha value is -1.63. The van der Waals surface area contributed by atoms with Gasteiger partial charge < -0.3 is 0 Å². The zero-order valence-electron chi connectivity index (χ0n) is 11.5. The van der Waals surface area contributed by atoms with Crippen molar-refractivity contribution in [1.82, 2.24) is 0 Å². The van der Waals surface area contributed by atoms with E-state index in [4.69, 9.17) is 0 Å². The fourth-order valence-electron chi connectivity index (χ4n) is 3.16. The third-order valence-electron chi connectivity index (χ3n) is 4.18. The van der Waals surface area contributed by atoms with Crippen LogP contribution in [0, 0.1) is 0 Å². The predicted molar refractivity (Wildman–Crippen MR) is 79.8 cm³/mol. The lowest BCUT2D eigenvalue weighted by molar-refractivity contribution is 0.0981. The fourth-order valence-corrected chi connectivity index (χ4v) is 3.16. The van der Waals surface area contributed by atoms with E-state index in [1.54, 1.807) is 0 Å². The average Bonchev–Trinajstić information content (AvgIpc) is 2.85. The van der Waals surface area contributed by atoms with Gasteiger partial charge in [-0.15, -0.1) is 0 Å². The summed E-state index contributed by atoms with van der Waals surface area (Å²) in [5.41, 5.74) is 3.75. The minimum atomic E-state index is 0.309. The second kappa shape index (κ2) is 5.16. The van der Waals surface area contributed by atoms with E-state index >= 15 is 0 Å². The largest absolute Gasteiger partial charge is 0.294 e. The first-order chi connectivity index (χ1) is 9.31. The number of aryl methyl sites for hydroxylation is 2. The van der Waals surface area contributed by atoms with E-state index in [2.05, 4.69) is 31.2 Å². The first-order valence-corrected chi connectivity index (χ1v) is 7.38. The molecule has 2 aromatic rings. The van der Waals surface area contributed by atoms with Gasteiger partial charge in [-0.2, -0.15) is 0 Å². The van der Waals surface area contributed by atoms with Crippen LogP contribution in [0.4, 0.5) is 0 Å². The van der Waals surface area contributed by atoms with Crippen molar-refractivity contribution >= 4 is 16.6 Å². The van der Waals surface area contributed by atoms with Gasteiger partial charge in [-0.1, -0.05) is 50.1 Å². The molecule has 3 rings (SSSR count). The number of ketones is 1. The first-order valence-electron chi connectivity index (χ1n) is 7.38. The van der Waals surface area contributed by atoms with Gasteiger partial charge in [-0.05, 0) is 41.2 Å². The Morgan fingerprint density at radius 3 is 2.63 bits per heavy atom. The lowest BCUT2D eigenvalue weighted by atomic mass is 9.95. The maximum Gasteiger partial charge on any atom is 0.163 e. The van der Waals surface area contributed by atoms with Gasteiger partial charge in [-0.25, -0.2) is 0 Å². The minimum Gasteiger partial charge on any atom is -0.294 e. The molecule has 1 aliphatic rings. The molecular weight excluding hydrogens is 232 g/mol. The van der Waals surface area contributed by atoms with Crippen molar-refractivity contribution in [2.45, 2.75) is 45.4 Å². The Bertz CT molecular complexity index is 615. The molecule has 2 aromatic carbocycles. The van der Waals surface area contributed by atoms with Gasteiger partial charge in [0.25, 0.3) is 0 Å². The van der Waals surface area contributed by atoms with E-state index in [9.17, 15) is 4.79 Å². The van der Waals surface area contributed by atoms with E-state index in [-0.39, 0.29) is 0 Å². The van der Waals surface area contributed by atoms with Crippen molar-refractivity contribution < 1.29 is 4.79 Å². The quantitative estimate of drug-likeness (QED) is 0.556. The molecule has 0 aromatic heterocycles. The van der Waals surface area contributed by atoms with Crippen molar-refractivity contribution in [3.63, 3.8) is 0 Å². The van der Waals surface area contributed by atoms with Crippen LogP contribution in [0.1, 0.15) is 54.1 Å². The van der Waals surface area contributed by atoms with Crippen molar-refractivity contribution in [2.75, 3.05) is 0 Å². The summed E-state index contributed by atoms with van der Waals surface area (Å²) in [5, 5.41) is 2.53. The summed E-state index contributed by atoms with van der Waals surface area (Å²) in [6.07, 6.45) is 6.26. The van der Waals surface area contributed by atoms with Crippen LogP contribution in [0.3, 0.4) is 0 Å². The predicted octanol–water partition coefficient (Wildman–Crippen LogP) is 4.70. The number of hydrogen-bond donors (Lipinski definition) is 0. The molecule has 98 valence electrons. The molecule has 0 N–H and O–H groups in total. The first kappa shape index (κ1) is 12.4. The highest BCUT2D eigenvalue weighted by molar-refractivity contribution is 6.10. The Morgan fingerprint density at radius 1 is 1.05 bits per heavy atom. The molecule has 1 nitrogen and oxygen atoms in total. The molecule has 19 heavy (non-hydrogen) atoms. The van der Waals surface area contributed by atoms with Gasteiger partial charge in [0.15, 0.2) is 5.78 Å². The standard InChI is InChI=1S/C18H20O/c1-2-3-4-8-17(19)15-12-11-14-10-9-13-6-5-7-16(15)18(13)14/h5-7,11-12H,2-4,8-10H2,1H3. The highest BCUT2D eigenvalue weighted by Crippen LogP contribution is 2.33. The highest BCUT2D eigenvalue weighted by atomic mass is 16.1. The van der Waals surface area contributed by atoms with E-state index in [0.717, 1.165) is 37.7 Å². The summed E-state index contributed by atoms with van der Waals surface area (Å²) in [7, 11) is 0. The van der Waals surface area contributed by atoms with Gasteiger partial charge in [0.1, 0.15) is 0 Å². The molecule has 0 heterocycles. The molecule has 0 saturated heterocycles. The van der Waals surface area contributed by atoms with Crippen LogP contribution in [0.5, 0.6) is 0 Å². The molecule has 0 saturated carbocycles. The monoisotopic (exact) mass is 252 g/mol. The van der Waals surface area contributed by atoms with Gasteiger partial charge >= 0.3 is 0 Å². The van der Waals surface area contributed by atoms with Crippen LogP contribution in [0.25, 0.3) is 10.8 Å². The van der Waals surface area contributed by atoms with Crippen LogP contribution in [-0.2, 0) is 12.8 Å². The van der Waals surface area contributed by atoms with Crippen molar-refractivity contribution in [3.8, 4) is 0 Å². The van der Waals surface area contributed by atoms with Gasteiger partial charge in [-0.3, -0.25) is 4.79 Å². The molecule has 0 atom stereocenters. The SMILES string of the molecule is CCCCCC(=O)c1ccc2c3c(cccc13)CC2. The highest BCUT2D eigenvalue weighted by Gasteiger charge is 2.18. The molecule has 0 aliphatic heterocycles. The molecule has 0 fully saturated rings. The Morgan fingerprint density at radius 2 is 1.84 bits per heavy atom. The molecule has 0 amide bonds. The maximum atomic E-state index is 12.4. The average molecular weight is 252 g/mol. The number of benzene rings is 2. The molecule has 0 unspecified atom stereocenters. The Balaban J connectivity index is 1.99. The third-order valence-corrected chi connectivity index (χ3v) is 4.18. The topological polar surface area (TPSA) is 17.1 Å². The number of carbonyl (C=O) groups is 1. The molecule has 0 bridgehead atoms. The molecule has 1 heteroatoms. The number of rotatable bonds is 5. The summed E-state index contributed by atoms with van der Waals surface area (Å²) in [6.45, 7) is 2.17. The Labute approximate surface area is 114 Å². The van der Waals surface area contributed by atoms with Crippen LogP contribution >= 0.6 is 0 Å². The van der Waals surface area contributed by atoms with Gasteiger partial charge in [0.2, 0.25) is 0 Å². The number of hydrogen-bond acceptors (Lipinski definition) is 1. The summed E-state index contributed by atoms with van der Waals surface area (Å²) in [6, 6.07) is 10.6. The maximum absolute atomic E-state index is 12.4. The smallest absolute Gasteiger partial charge is 0.163 e. The second-order valence-corrected chi connectivity index (χ2v) is 5.49. The normalized spacial score (nSPS) is 13.1. The second-order valence-electron chi connectivity index (χ2n) is 5.49. The zero-order valence-corrected chi connectivity index (χ0v) is 11.5. The molecule has 0 spiro atoms. The van der Waals surface area contributed by atoms with Crippen LogP contribution in [-0.4, -0.2) is 5.78 Å². The van der Waals surface area contributed by atoms with Gasteiger partial charge in [0.05, 0.1) is 0 Å². The van der Waals surface area contributed by atoms with Crippen LogP contribution < -0.4 is 0 Å². The fraction of sp³-hybridized carbons (Fsp3) is 0.389. The molecular formula is C18H20O. The number of carbonyl (C=O) groups excluding carboxylic acids is 1. The minimum absolute atomic E-state index is 0.309. The third kappa shape index (κ3) is 2.18. The summed E-state index contributed by atoms with van der Waals surface area (Å²) in [5.74, 6) is 0.309. The Kier molecular flexibility index (Phi) is 3.37. The lowest BCUT2D eigenvalue weighted by Crippen LogP contribution is -2.00. The van der Waals surface area contributed by atoms with Crippen molar-refractivity contribution in [3.05, 3.63) is 47.0 Å². The number of unbranched alkanes of at least 4 members (excludes halogenated alkanes) is 2. The summed E-state index contributed by atoms with van der Waals surface area (Å²) in [4.78, 5) is 12.4. The zero-order chi connectivity index (χ0) is 13.2. The van der Waals surface area contributed by atoms with E-state index in [1.807, 2.05) is 6.07 Å². The van der Waals surface area contributed by atoms with E-state index in [0.29, 0.717) is 12.2 Å².